The van der Waals surface area contributed by atoms with Gasteiger partial charge in [0.1, 0.15) is 17.4 Å². The molecule has 0 aliphatic carbocycles. The minimum atomic E-state index is -0.393. The predicted molar refractivity (Wildman–Crippen MR) is 99.7 cm³/mol. The SMILES string of the molecule is COc1ccc(C)cc1C(C)NC(=O)c1nc(C)n(-c2ccc(F)cc2)n1. The molecule has 1 heterocycles. The summed E-state index contributed by atoms with van der Waals surface area (Å²) in [6.07, 6.45) is 0. The molecule has 140 valence electrons. The van der Waals surface area contributed by atoms with Gasteiger partial charge in [0.25, 0.3) is 5.91 Å². The number of hydrogen-bond donors (Lipinski definition) is 1. The normalized spacial score (nSPS) is 11.9. The molecule has 3 rings (SSSR count). The van der Waals surface area contributed by atoms with Crippen LogP contribution in [0.4, 0.5) is 4.39 Å². The fourth-order valence-corrected chi connectivity index (χ4v) is 2.84. The molecule has 0 aliphatic heterocycles. The van der Waals surface area contributed by atoms with Crippen LogP contribution in [0.1, 0.15) is 40.5 Å². The molecular formula is C20H21FN4O2. The molecule has 0 fully saturated rings. The third kappa shape index (κ3) is 3.97. The van der Waals surface area contributed by atoms with Crippen molar-refractivity contribution in [2.24, 2.45) is 0 Å². The van der Waals surface area contributed by atoms with E-state index in [9.17, 15) is 9.18 Å². The van der Waals surface area contributed by atoms with Crippen LogP contribution in [0.25, 0.3) is 5.69 Å². The van der Waals surface area contributed by atoms with Crippen LogP contribution >= 0.6 is 0 Å². The lowest BCUT2D eigenvalue weighted by atomic mass is 10.0. The number of aromatic nitrogens is 3. The van der Waals surface area contributed by atoms with Crippen molar-refractivity contribution < 1.29 is 13.9 Å². The van der Waals surface area contributed by atoms with Crippen molar-refractivity contribution in [1.29, 1.82) is 0 Å². The van der Waals surface area contributed by atoms with Gasteiger partial charge in [0.2, 0.25) is 5.82 Å². The van der Waals surface area contributed by atoms with E-state index < -0.39 is 5.91 Å². The number of ether oxygens (including phenoxy) is 1. The highest BCUT2D eigenvalue weighted by atomic mass is 19.1. The number of carbonyl (C=O) groups is 1. The van der Waals surface area contributed by atoms with Crippen molar-refractivity contribution in [1.82, 2.24) is 20.1 Å². The minimum absolute atomic E-state index is 0.0512. The summed E-state index contributed by atoms with van der Waals surface area (Å²) in [7, 11) is 1.60. The van der Waals surface area contributed by atoms with Crippen LogP contribution in [0.5, 0.6) is 5.75 Å². The first-order valence-corrected chi connectivity index (χ1v) is 8.54. The highest BCUT2D eigenvalue weighted by Gasteiger charge is 2.20. The summed E-state index contributed by atoms with van der Waals surface area (Å²) in [6, 6.07) is 11.3. The van der Waals surface area contributed by atoms with Crippen molar-refractivity contribution in [2.45, 2.75) is 26.8 Å². The molecule has 3 aromatic rings. The minimum Gasteiger partial charge on any atom is -0.496 e. The van der Waals surface area contributed by atoms with Gasteiger partial charge in [-0.1, -0.05) is 17.7 Å². The summed E-state index contributed by atoms with van der Waals surface area (Å²) in [5, 5.41) is 7.15. The summed E-state index contributed by atoms with van der Waals surface area (Å²) in [5.41, 5.74) is 2.58. The van der Waals surface area contributed by atoms with Gasteiger partial charge >= 0.3 is 0 Å². The van der Waals surface area contributed by atoms with Gasteiger partial charge in [0.05, 0.1) is 18.8 Å². The highest BCUT2D eigenvalue weighted by Crippen LogP contribution is 2.26. The molecule has 27 heavy (non-hydrogen) atoms. The molecule has 7 heteroatoms. The first kappa shape index (κ1) is 18.6. The van der Waals surface area contributed by atoms with Crippen LogP contribution < -0.4 is 10.1 Å². The fourth-order valence-electron chi connectivity index (χ4n) is 2.84. The highest BCUT2D eigenvalue weighted by molar-refractivity contribution is 5.90. The van der Waals surface area contributed by atoms with Gasteiger partial charge in [-0.15, -0.1) is 5.10 Å². The van der Waals surface area contributed by atoms with E-state index in [2.05, 4.69) is 15.4 Å². The smallest absolute Gasteiger partial charge is 0.291 e. The molecule has 0 saturated heterocycles. The van der Waals surface area contributed by atoms with Crippen molar-refractivity contribution in [3.05, 3.63) is 71.1 Å². The van der Waals surface area contributed by atoms with Gasteiger partial charge in [0.15, 0.2) is 0 Å². The van der Waals surface area contributed by atoms with Gasteiger partial charge < -0.3 is 10.1 Å². The summed E-state index contributed by atoms with van der Waals surface area (Å²) in [6.45, 7) is 5.59. The number of aryl methyl sites for hydroxylation is 2. The Balaban J connectivity index is 1.82. The third-order valence-electron chi connectivity index (χ3n) is 4.24. The van der Waals surface area contributed by atoms with E-state index >= 15 is 0 Å². The fraction of sp³-hybridized carbons (Fsp3) is 0.250. The maximum Gasteiger partial charge on any atom is 0.291 e. The van der Waals surface area contributed by atoms with Crippen LogP contribution in [0.2, 0.25) is 0 Å². The summed E-state index contributed by atoms with van der Waals surface area (Å²) >= 11 is 0. The first-order valence-electron chi connectivity index (χ1n) is 8.54. The number of amides is 1. The zero-order chi connectivity index (χ0) is 19.6. The Morgan fingerprint density at radius 3 is 2.56 bits per heavy atom. The van der Waals surface area contributed by atoms with E-state index in [0.29, 0.717) is 17.3 Å². The van der Waals surface area contributed by atoms with E-state index in [1.165, 1.54) is 16.8 Å². The van der Waals surface area contributed by atoms with Crippen LogP contribution in [0.3, 0.4) is 0 Å². The second kappa shape index (κ2) is 7.57. The molecule has 1 atom stereocenters. The van der Waals surface area contributed by atoms with Gasteiger partial charge in [-0.05, 0) is 51.1 Å². The number of hydrogen-bond acceptors (Lipinski definition) is 4. The average molecular weight is 368 g/mol. The number of methoxy groups -OCH3 is 1. The van der Waals surface area contributed by atoms with Gasteiger partial charge in [0, 0.05) is 5.56 Å². The zero-order valence-electron chi connectivity index (χ0n) is 15.7. The van der Waals surface area contributed by atoms with E-state index in [1.807, 2.05) is 32.0 Å². The maximum atomic E-state index is 13.1. The maximum absolute atomic E-state index is 13.1. The molecular weight excluding hydrogens is 347 g/mol. The molecule has 0 aliphatic rings. The van der Waals surface area contributed by atoms with Gasteiger partial charge in [-0.25, -0.2) is 14.1 Å². The Kier molecular flexibility index (Phi) is 5.21. The summed E-state index contributed by atoms with van der Waals surface area (Å²) in [4.78, 5) is 16.8. The van der Waals surface area contributed by atoms with Crippen molar-refractivity contribution in [3.8, 4) is 11.4 Å². The molecule has 1 aromatic heterocycles. The van der Waals surface area contributed by atoms with E-state index in [0.717, 1.165) is 11.1 Å². The van der Waals surface area contributed by atoms with E-state index in [1.54, 1.807) is 26.2 Å². The standard InChI is InChI=1S/C20H21FN4O2/c1-12-5-10-18(27-4)17(11-12)13(2)22-20(26)19-23-14(3)25(24-19)16-8-6-15(21)7-9-16/h5-11,13H,1-4H3,(H,22,26). The van der Waals surface area contributed by atoms with Gasteiger partial charge in [-0.2, -0.15) is 0 Å². The third-order valence-corrected chi connectivity index (χ3v) is 4.24. The monoisotopic (exact) mass is 368 g/mol. The largest absolute Gasteiger partial charge is 0.496 e. The lowest BCUT2D eigenvalue weighted by molar-refractivity contribution is 0.0929. The predicted octanol–water partition coefficient (Wildman–Crippen LogP) is 3.52. The molecule has 2 aromatic carbocycles. The average Bonchev–Trinajstić information content (AvgIpc) is 3.04. The molecule has 1 unspecified atom stereocenters. The Hall–Kier alpha value is -3.22. The van der Waals surface area contributed by atoms with Crippen LogP contribution in [0.15, 0.2) is 42.5 Å². The Morgan fingerprint density at radius 1 is 1.19 bits per heavy atom. The number of benzene rings is 2. The summed E-state index contributed by atoms with van der Waals surface area (Å²) in [5.74, 6) is 0.558. The molecule has 0 bridgehead atoms. The first-order chi connectivity index (χ1) is 12.9. The topological polar surface area (TPSA) is 69.0 Å². The van der Waals surface area contributed by atoms with Crippen LogP contribution in [-0.4, -0.2) is 27.8 Å². The summed E-state index contributed by atoms with van der Waals surface area (Å²) < 4.78 is 20.0. The molecule has 1 N–H and O–H groups in total. The van der Waals surface area contributed by atoms with E-state index in [4.69, 9.17) is 4.74 Å². The molecule has 6 nitrogen and oxygen atoms in total. The second-order valence-electron chi connectivity index (χ2n) is 6.31. The zero-order valence-corrected chi connectivity index (χ0v) is 15.7. The van der Waals surface area contributed by atoms with E-state index in [-0.39, 0.29) is 17.7 Å². The Labute approximate surface area is 157 Å². The number of nitrogens with one attached hydrogen (secondary N) is 1. The second-order valence-corrected chi connectivity index (χ2v) is 6.31. The van der Waals surface area contributed by atoms with Crippen molar-refractivity contribution in [3.63, 3.8) is 0 Å². The Bertz CT molecular complexity index is 967. The van der Waals surface area contributed by atoms with Crippen LogP contribution in [0, 0.1) is 19.7 Å². The quantitative estimate of drug-likeness (QED) is 0.748. The molecule has 1 amide bonds. The number of rotatable bonds is 5. The van der Waals surface area contributed by atoms with Crippen molar-refractivity contribution in [2.75, 3.05) is 7.11 Å². The molecule has 0 saturated carbocycles. The number of nitrogens with zero attached hydrogens (tertiary/aromatic N) is 3. The molecule has 0 radical (unpaired) electrons. The molecule has 0 spiro atoms. The number of carbonyl (C=O) groups excluding carboxylic acids is 1. The lowest BCUT2D eigenvalue weighted by Gasteiger charge is -2.17. The number of halogens is 1. The Morgan fingerprint density at radius 2 is 1.89 bits per heavy atom. The van der Waals surface area contributed by atoms with Crippen LogP contribution in [-0.2, 0) is 0 Å². The van der Waals surface area contributed by atoms with Crippen molar-refractivity contribution >= 4 is 5.91 Å². The lowest BCUT2D eigenvalue weighted by Crippen LogP contribution is -2.28. The van der Waals surface area contributed by atoms with Gasteiger partial charge in [-0.3, -0.25) is 4.79 Å².